The highest BCUT2D eigenvalue weighted by Crippen LogP contribution is 2.67. The molecule has 3 nitrogen and oxygen atoms in total. The van der Waals surface area contributed by atoms with E-state index in [-0.39, 0.29) is 18.2 Å². The molecule has 1 N–H and O–H groups in total. The summed E-state index contributed by atoms with van der Waals surface area (Å²) in [6, 6.07) is 0. The molecule has 0 aromatic heterocycles. The van der Waals surface area contributed by atoms with E-state index in [1.807, 2.05) is 0 Å². The molecule has 3 heteroatoms. The van der Waals surface area contributed by atoms with Crippen LogP contribution < -0.4 is 0 Å². The molecule has 4 aliphatic rings. The van der Waals surface area contributed by atoms with E-state index < -0.39 is 0 Å². The first-order chi connectivity index (χ1) is 22.6. The number of hydrogen-bond donors (Lipinski definition) is 1. The molecule has 0 saturated heterocycles. The van der Waals surface area contributed by atoms with Crippen LogP contribution in [0.3, 0.4) is 0 Å². The zero-order valence-electron chi connectivity index (χ0n) is 31.9. The first-order valence-corrected chi connectivity index (χ1v) is 20.8. The molecule has 0 amide bonds. The third-order valence-corrected chi connectivity index (χ3v) is 14.0. The van der Waals surface area contributed by atoms with Crippen LogP contribution in [0.25, 0.3) is 0 Å². The van der Waals surface area contributed by atoms with Gasteiger partial charge in [-0.05, 0) is 130 Å². The third-order valence-electron chi connectivity index (χ3n) is 14.0. The Hall–Kier alpha value is -1.09. The Kier molecular flexibility index (Phi) is 15.5. The van der Waals surface area contributed by atoms with Crippen LogP contribution in [0.15, 0.2) is 23.8 Å². The van der Waals surface area contributed by atoms with Gasteiger partial charge in [-0.3, -0.25) is 4.79 Å². The van der Waals surface area contributed by atoms with Gasteiger partial charge in [0.05, 0.1) is 6.10 Å². The van der Waals surface area contributed by atoms with E-state index >= 15 is 0 Å². The summed E-state index contributed by atoms with van der Waals surface area (Å²) in [4.78, 5) is 12.8. The number of fused-ring (bicyclic) bond motifs is 5. The molecule has 270 valence electrons. The number of ether oxygens (including phenoxy) is 1. The first-order valence-electron chi connectivity index (χ1n) is 20.8. The van der Waals surface area contributed by atoms with Gasteiger partial charge in [-0.1, -0.05) is 117 Å². The van der Waals surface area contributed by atoms with Crippen molar-refractivity contribution in [2.45, 2.75) is 201 Å². The minimum absolute atomic E-state index is 0.00636. The highest BCUT2D eigenvalue weighted by atomic mass is 16.5. The number of rotatable bonds is 20. The van der Waals surface area contributed by atoms with Gasteiger partial charge in [-0.25, -0.2) is 0 Å². The third kappa shape index (κ3) is 10.5. The van der Waals surface area contributed by atoms with Crippen LogP contribution in [0.2, 0.25) is 0 Å². The molecular weight excluding hydrogens is 576 g/mol. The van der Waals surface area contributed by atoms with Crippen LogP contribution in [-0.2, 0) is 9.53 Å². The molecule has 9 atom stereocenters. The predicted octanol–water partition coefficient (Wildman–Crippen LogP) is 12.6. The lowest BCUT2D eigenvalue weighted by Crippen LogP contribution is -2.51. The minimum Gasteiger partial charge on any atom is -0.462 e. The molecule has 4 rings (SSSR count). The van der Waals surface area contributed by atoms with Crippen molar-refractivity contribution < 1.29 is 14.6 Å². The number of carbonyl (C=O) groups is 1. The van der Waals surface area contributed by atoms with E-state index in [0.29, 0.717) is 17.3 Å². The number of carbonyl (C=O) groups excluding carboxylic acids is 1. The Morgan fingerprint density at radius 3 is 2.45 bits per heavy atom. The molecule has 0 bridgehead atoms. The SMILES string of the molecule is CCCCCCCC(O)CC/C=C/CCCCC(=O)OC1CCC2(C)C(=CCC3C2CCC2(C)C(C(C)CCCC(C)C)CCC32)C1. The second-order valence-electron chi connectivity index (χ2n) is 17.8. The van der Waals surface area contributed by atoms with Gasteiger partial charge in [-0.2, -0.15) is 0 Å². The summed E-state index contributed by atoms with van der Waals surface area (Å²) in [6.45, 7) is 14.8. The van der Waals surface area contributed by atoms with Crippen LogP contribution in [0.4, 0.5) is 0 Å². The summed E-state index contributed by atoms with van der Waals surface area (Å²) in [6.07, 6.45) is 33.9. The van der Waals surface area contributed by atoms with Crippen LogP contribution in [0, 0.1) is 46.3 Å². The van der Waals surface area contributed by atoms with Gasteiger partial charge in [-0.15, -0.1) is 0 Å². The van der Waals surface area contributed by atoms with Gasteiger partial charge in [0.1, 0.15) is 6.10 Å². The van der Waals surface area contributed by atoms with Crippen LogP contribution in [0.1, 0.15) is 189 Å². The predicted molar refractivity (Wildman–Crippen MR) is 199 cm³/mol. The standard InChI is InChI=1S/C44H76O3/c1-7-8-9-12-15-21-36(45)22-16-13-10-11-14-17-23-42(46)47-37-28-30-43(5)35(32-37)24-25-38-40-27-26-39(34(4)20-18-19-33(2)3)44(40,6)31-29-41(38)43/h10,13,24,33-34,36-41,45H,7-9,11-12,14-23,25-32H2,1-6H3/b13-10+. The molecule has 4 aliphatic carbocycles. The number of hydrogen-bond acceptors (Lipinski definition) is 3. The second kappa shape index (κ2) is 18.8. The number of allylic oxidation sites excluding steroid dienone is 3. The summed E-state index contributed by atoms with van der Waals surface area (Å²) in [7, 11) is 0. The van der Waals surface area contributed by atoms with E-state index in [2.05, 4.69) is 59.8 Å². The molecule has 0 aliphatic heterocycles. The maximum absolute atomic E-state index is 12.8. The number of esters is 1. The maximum Gasteiger partial charge on any atom is 0.306 e. The molecule has 0 heterocycles. The van der Waals surface area contributed by atoms with Gasteiger partial charge in [0.15, 0.2) is 0 Å². The van der Waals surface area contributed by atoms with Crippen molar-refractivity contribution in [2.24, 2.45) is 46.3 Å². The van der Waals surface area contributed by atoms with Crippen molar-refractivity contribution >= 4 is 5.97 Å². The molecule has 47 heavy (non-hydrogen) atoms. The molecule has 0 aromatic rings. The van der Waals surface area contributed by atoms with E-state index in [4.69, 9.17) is 4.74 Å². The molecule has 0 aromatic carbocycles. The zero-order valence-corrected chi connectivity index (χ0v) is 31.9. The van der Waals surface area contributed by atoms with Gasteiger partial charge in [0.25, 0.3) is 0 Å². The average molecular weight is 653 g/mol. The molecule has 0 radical (unpaired) electrons. The fraction of sp³-hybridized carbons (Fsp3) is 0.886. The number of aliphatic hydroxyl groups excluding tert-OH is 1. The summed E-state index contributed by atoms with van der Waals surface area (Å²) in [5.74, 6) is 5.19. The molecule has 9 unspecified atom stereocenters. The van der Waals surface area contributed by atoms with E-state index in [1.54, 1.807) is 5.57 Å². The fourth-order valence-corrected chi connectivity index (χ4v) is 11.2. The lowest BCUT2D eigenvalue weighted by molar-refractivity contribution is -0.151. The Balaban J connectivity index is 1.15. The second-order valence-corrected chi connectivity index (χ2v) is 17.8. The fourth-order valence-electron chi connectivity index (χ4n) is 11.2. The quantitative estimate of drug-likeness (QED) is 0.0808. The van der Waals surface area contributed by atoms with Crippen molar-refractivity contribution in [3.05, 3.63) is 23.8 Å². The van der Waals surface area contributed by atoms with E-state index in [1.165, 1.54) is 83.5 Å². The Labute approximate surface area is 291 Å². The van der Waals surface area contributed by atoms with Gasteiger partial charge in [0.2, 0.25) is 0 Å². The summed E-state index contributed by atoms with van der Waals surface area (Å²) in [5, 5.41) is 10.2. The van der Waals surface area contributed by atoms with Crippen molar-refractivity contribution in [1.82, 2.24) is 0 Å². The smallest absolute Gasteiger partial charge is 0.306 e. The van der Waals surface area contributed by atoms with Gasteiger partial charge >= 0.3 is 5.97 Å². The van der Waals surface area contributed by atoms with Crippen LogP contribution >= 0.6 is 0 Å². The van der Waals surface area contributed by atoms with Gasteiger partial charge in [0, 0.05) is 12.8 Å². The Morgan fingerprint density at radius 1 is 0.872 bits per heavy atom. The normalized spacial score (nSPS) is 33.3. The van der Waals surface area contributed by atoms with Crippen molar-refractivity contribution in [2.75, 3.05) is 0 Å². The van der Waals surface area contributed by atoms with Crippen molar-refractivity contribution in [1.29, 1.82) is 0 Å². The highest BCUT2D eigenvalue weighted by molar-refractivity contribution is 5.69. The van der Waals surface area contributed by atoms with Crippen LogP contribution in [-0.4, -0.2) is 23.3 Å². The minimum atomic E-state index is -0.156. The zero-order chi connectivity index (χ0) is 33.9. The Morgan fingerprint density at radius 2 is 1.66 bits per heavy atom. The lowest BCUT2D eigenvalue weighted by Gasteiger charge is -2.58. The molecule has 0 spiro atoms. The van der Waals surface area contributed by atoms with Crippen molar-refractivity contribution in [3.63, 3.8) is 0 Å². The van der Waals surface area contributed by atoms with Gasteiger partial charge < -0.3 is 9.84 Å². The first kappa shape index (κ1) is 38.7. The highest BCUT2D eigenvalue weighted by Gasteiger charge is 2.59. The van der Waals surface area contributed by atoms with Crippen LogP contribution in [0.5, 0.6) is 0 Å². The van der Waals surface area contributed by atoms with E-state index in [0.717, 1.165) is 93.3 Å². The average Bonchev–Trinajstić information content (AvgIpc) is 3.39. The molecular formula is C44H76O3. The lowest BCUT2D eigenvalue weighted by atomic mass is 9.47. The maximum atomic E-state index is 12.8. The summed E-state index contributed by atoms with van der Waals surface area (Å²) < 4.78 is 6.09. The topological polar surface area (TPSA) is 46.5 Å². The summed E-state index contributed by atoms with van der Waals surface area (Å²) in [5.41, 5.74) is 2.47. The summed E-state index contributed by atoms with van der Waals surface area (Å²) >= 11 is 0. The molecule has 3 saturated carbocycles. The largest absolute Gasteiger partial charge is 0.462 e. The number of unbranched alkanes of at least 4 members (excludes halogenated alkanes) is 6. The Bertz CT molecular complexity index is 996. The van der Waals surface area contributed by atoms with E-state index in [9.17, 15) is 9.90 Å². The monoisotopic (exact) mass is 653 g/mol. The number of aliphatic hydroxyl groups is 1. The molecule has 3 fully saturated rings. The van der Waals surface area contributed by atoms with Crippen molar-refractivity contribution in [3.8, 4) is 0 Å².